The van der Waals surface area contributed by atoms with Crippen molar-refractivity contribution in [1.29, 1.82) is 0 Å². The predicted octanol–water partition coefficient (Wildman–Crippen LogP) is 2.39. The van der Waals surface area contributed by atoms with E-state index in [1.807, 2.05) is 11.0 Å². The normalized spacial score (nSPS) is 25.6. The van der Waals surface area contributed by atoms with Crippen LogP contribution in [-0.2, 0) is 11.2 Å². The summed E-state index contributed by atoms with van der Waals surface area (Å²) >= 11 is 1.78. The van der Waals surface area contributed by atoms with Crippen molar-refractivity contribution in [1.82, 2.24) is 4.90 Å². The van der Waals surface area contributed by atoms with Gasteiger partial charge in [-0.3, -0.25) is 4.79 Å². The highest BCUT2D eigenvalue weighted by atomic mass is 35.5. The molecule has 2 unspecified atom stereocenters. The van der Waals surface area contributed by atoms with Crippen molar-refractivity contribution in [2.45, 2.75) is 30.6 Å². The summed E-state index contributed by atoms with van der Waals surface area (Å²) in [6.07, 6.45) is 3.15. The number of piperidine rings is 1. The van der Waals surface area contributed by atoms with Gasteiger partial charge in [0.25, 0.3) is 0 Å². The Morgan fingerprint density at radius 3 is 2.95 bits per heavy atom. The zero-order valence-corrected chi connectivity index (χ0v) is 13.1. The van der Waals surface area contributed by atoms with Gasteiger partial charge in [0, 0.05) is 19.1 Å². The second-order valence-corrected chi connectivity index (χ2v) is 6.60. The van der Waals surface area contributed by atoms with Crippen LogP contribution in [0.25, 0.3) is 0 Å². The molecule has 3 nitrogen and oxygen atoms in total. The van der Waals surface area contributed by atoms with Crippen molar-refractivity contribution in [2.75, 3.05) is 18.8 Å². The first-order chi connectivity index (χ1) is 9.25. The van der Waals surface area contributed by atoms with Crippen LogP contribution in [0.5, 0.6) is 0 Å². The van der Waals surface area contributed by atoms with Gasteiger partial charge in [0.15, 0.2) is 0 Å². The van der Waals surface area contributed by atoms with Crippen LogP contribution in [0.2, 0.25) is 0 Å². The Labute approximate surface area is 130 Å². The average molecular weight is 313 g/mol. The van der Waals surface area contributed by atoms with Gasteiger partial charge in [-0.1, -0.05) is 24.3 Å². The lowest BCUT2D eigenvalue weighted by atomic mass is 9.99. The van der Waals surface area contributed by atoms with Crippen LogP contribution in [0.1, 0.15) is 29.2 Å². The van der Waals surface area contributed by atoms with E-state index in [2.05, 4.69) is 18.2 Å². The molecular weight excluding hydrogens is 292 g/mol. The minimum Gasteiger partial charge on any atom is -0.340 e. The van der Waals surface area contributed by atoms with Gasteiger partial charge in [-0.25, -0.2) is 0 Å². The monoisotopic (exact) mass is 312 g/mol. The van der Waals surface area contributed by atoms with Crippen molar-refractivity contribution in [3.63, 3.8) is 0 Å². The SMILES string of the molecule is Cl.NC1CCCN(C(=O)C2SCCc3ccccc32)C1. The maximum Gasteiger partial charge on any atom is 0.240 e. The van der Waals surface area contributed by atoms with E-state index in [4.69, 9.17) is 5.73 Å². The second kappa shape index (κ2) is 6.83. The summed E-state index contributed by atoms with van der Waals surface area (Å²) in [5.41, 5.74) is 8.53. The van der Waals surface area contributed by atoms with Gasteiger partial charge in [-0.2, -0.15) is 0 Å². The predicted molar refractivity (Wildman–Crippen MR) is 86.4 cm³/mol. The van der Waals surface area contributed by atoms with Gasteiger partial charge in [0.2, 0.25) is 5.91 Å². The number of thioether (sulfide) groups is 1. The van der Waals surface area contributed by atoms with Crippen LogP contribution in [-0.4, -0.2) is 35.7 Å². The molecule has 0 aromatic heterocycles. The van der Waals surface area contributed by atoms with E-state index in [1.165, 1.54) is 11.1 Å². The molecule has 0 spiro atoms. The van der Waals surface area contributed by atoms with Crippen LogP contribution in [0.15, 0.2) is 24.3 Å². The number of hydrogen-bond acceptors (Lipinski definition) is 3. The van der Waals surface area contributed by atoms with Gasteiger partial charge >= 0.3 is 0 Å². The number of carbonyl (C=O) groups excluding carboxylic acids is 1. The van der Waals surface area contributed by atoms with Crippen molar-refractivity contribution in [3.8, 4) is 0 Å². The summed E-state index contributed by atoms with van der Waals surface area (Å²) in [6.45, 7) is 1.59. The molecule has 1 aromatic carbocycles. The number of rotatable bonds is 1. The molecule has 5 heteroatoms. The standard InChI is InChI=1S/C15H20N2OS.ClH/c16-12-5-3-8-17(10-12)15(18)14-13-6-2-1-4-11(13)7-9-19-14;/h1-2,4,6,12,14H,3,5,7-10,16H2;1H. The number of amides is 1. The van der Waals surface area contributed by atoms with E-state index >= 15 is 0 Å². The molecule has 1 aromatic rings. The van der Waals surface area contributed by atoms with Crippen molar-refractivity contribution < 1.29 is 4.79 Å². The molecule has 2 aliphatic heterocycles. The van der Waals surface area contributed by atoms with Crippen LogP contribution in [0, 0.1) is 0 Å². The van der Waals surface area contributed by atoms with E-state index in [0.29, 0.717) is 0 Å². The molecule has 2 aliphatic rings. The van der Waals surface area contributed by atoms with Gasteiger partial charge in [0.05, 0.1) is 0 Å². The first-order valence-corrected chi connectivity index (χ1v) is 8.04. The van der Waals surface area contributed by atoms with Gasteiger partial charge in [-0.15, -0.1) is 24.2 Å². The fourth-order valence-corrected chi connectivity index (χ4v) is 4.25. The van der Waals surface area contributed by atoms with Crippen molar-refractivity contribution in [3.05, 3.63) is 35.4 Å². The van der Waals surface area contributed by atoms with Gasteiger partial charge in [0.1, 0.15) is 5.25 Å². The fourth-order valence-electron chi connectivity index (χ4n) is 2.97. The summed E-state index contributed by atoms with van der Waals surface area (Å²) in [5, 5.41) is -0.0183. The number of benzene rings is 1. The topological polar surface area (TPSA) is 46.3 Å². The van der Waals surface area contributed by atoms with Crippen LogP contribution in [0.3, 0.4) is 0 Å². The smallest absolute Gasteiger partial charge is 0.240 e. The Kier molecular flexibility index (Phi) is 5.35. The van der Waals surface area contributed by atoms with E-state index in [-0.39, 0.29) is 29.6 Å². The number of halogens is 1. The molecule has 0 radical (unpaired) electrons. The molecule has 2 heterocycles. The number of aryl methyl sites for hydroxylation is 1. The summed E-state index contributed by atoms with van der Waals surface area (Å²) in [5.74, 6) is 1.29. The zero-order valence-electron chi connectivity index (χ0n) is 11.5. The summed E-state index contributed by atoms with van der Waals surface area (Å²) in [4.78, 5) is 14.7. The molecule has 1 saturated heterocycles. The summed E-state index contributed by atoms with van der Waals surface area (Å²) < 4.78 is 0. The minimum atomic E-state index is -0.0183. The molecule has 0 bridgehead atoms. The van der Waals surface area contributed by atoms with E-state index in [0.717, 1.165) is 38.1 Å². The third kappa shape index (κ3) is 3.13. The molecule has 110 valence electrons. The third-order valence-corrected chi connectivity index (χ3v) is 5.22. The molecule has 1 fully saturated rings. The lowest BCUT2D eigenvalue weighted by Gasteiger charge is -2.35. The average Bonchev–Trinajstić information content (AvgIpc) is 2.46. The summed E-state index contributed by atoms with van der Waals surface area (Å²) in [7, 11) is 0. The molecule has 0 saturated carbocycles. The highest BCUT2D eigenvalue weighted by Gasteiger charge is 2.32. The van der Waals surface area contributed by atoms with Crippen LogP contribution >= 0.6 is 24.2 Å². The highest BCUT2D eigenvalue weighted by Crippen LogP contribution is 2.38. The number of hydrogen-bond donors (Lipinski definition) is 1. The second-order valence-electron chi connectivity index (χ2n) is 5.39. The Bertz CT molecular complexity index is 483. The van der Waals surface area contributed by atoms with Crippen LogP contribution in [0.4, 0.5) is 0 Å². The lowest BCUT2D eigenvalue weighted by molar-refractivity contribution is -0.131. The zero-order chi connectivity index (χ0) is 13.2. The largest absolute Gasteiger partial charge is 0.340 e. The highest BCUT2D eigenvalue weighted by molar-refractivity contribution is 8.00. The quantitative estimate of drug-likeness (QED) is 0.866. The van der Waals surface area contributed by atoms with Crippen LogP contribution < -0.4 is 5.73 Å². The van der Waals surface area contributed by atoms with Crippen molar-refractivity contribution >= 4 is 30.1 Å². The van der Waals surface area contributed by atoms with Gasteiger partial charge < -0.3 is 10.6 Å². The Balaban J connectivity index is 0.00000147. The molecule has 2 N–H and O–H groups in total. The lowest BCUT2D eigenvalue weighted by Crippen LogP contribution is -2.47. The maximum absolute atomic E-state index is 12.7. The first kappa shape index (κ1) is 15.7. The molecule has 2 atom stereocenters. The number of nitrogens with two attached hydrogens (primary N) is 1. The third-order valence-electron chi connectivity index (χ3n) is 3.99. The number of fused-ring (bicyclic) bond motifs is 1. The molecule has 3 rings (SSSR count). The number of carbonyl (C=O) groups is 1. The van der Waals surface area contributed by atoms with Gasteiger partial charge in [-0.05, 0) is 36.1 Å². The number of likely N-dealkylation sites (tertiary alicyclic amines) is 1. The Morgan fingerprint density at radius 2 is 2.15 bits per heavy atom. The summed E-state index contributed by atoms with van der Waals surface area (Å²) in [6, 6.07) is 8.51. The van der Waals surface area contributed by atoms with E-state index < -0.39 is 0 Å². The minimum absolute atomic E-state index is 0. The van der Waals surface area contributed by atoms with E-state index in [9.17, 15) is 4.79 Å². The Morgan fingerprint density at radius 1 is 1.35 bits per heavy atom. The maximum atomic E-state index is 12.7. The molecule has 1 amide bonds. The van der Waals surface area contributed by atoms with E-state index in [1.54, 1.807) is 11.8 Å². The fraction of sp³-hybridized carbons (Fsp3) is 0.533. The van der Waals surface area contributed by atoms with Crippen molar-refractivity contribution in [2.24, 2.45) is 5.73 Å². The number of nitrogens with zero attached hydrogens (tertiary/aromatic N) is 1. The molecular formula is C15H21ClN2OS. The first-order valence-electron chi connectivity index (χ1n) is 6.99. The Hall–Kier alpha value is -0.710. The molecule has 20 heavy (non-hydrogen) atoms. The molecule has 0 aliphatic carbocycles.